The van der Waals surface area contributed by atoms with Gasteiger partial charge >= 0.3 is 0 Å². The topological polar surface area (TPSA) is 3.24 Å². The van der Waals surface area contributed by atoms with Gasteiger partial charge in [0.2, 0.25) is 0 Å². The maximum atomic E-state index is 2.38. The molecule has 63 heavy (non-hydrogen) atoms. The minimum atomic E-state index is 1.10. The van der Waals surface area contributed by atoms with Crippen LogP contribution in [-0.4, -0.2) is 0 Å². The van der Waals surface area contributed by atoms with Gasteiger partial charge in [0.1, 0.15) is 0 Å². The predicted octanol–water partition coefficient (Wildman–Crippen LogP) is 18.3. The van der Waals surface area contributed by atoms with Crippen LogP contribution in [0.1, 0.15) is 33.3 Å². The molecule has 0 fully saturated rings. The molecule has 0 saturated heterocycles. The minimum absolute atomic E-state index is 1.10. The monoisotopic (exact) mass is 809 g/mol. The molecule has 10 aromatic carbocycles. The summed E-state index contributed by atoms with van der Waals surface area (Å²) in [4.78, 5) is 2.35. The molecule has 0 amide bonds. The van der Waals surface area contributed by atoms with Crippen LogP contribution >= 0.6 is 0 Å². The van der Waals surface area contributed by atoms with Gasteiger partial charge in [-0.15, -0.1) is 0 Å². The van der Waals surface area contributed by atoms with Gasteiger partial charge in [-0.3, -0.25) is 0 Å². The molecule has 1 heteroatoms. The molecule has 0 N–H and O–H groups in total. The van der Waals surface area contributed by atoms with Gasteiger partial charge in [-0.05, 0) is 150 Å². The molecule has 10 rings (SSSR count). The summed E-state index contributed by atoms with van der Waals surface area (Å²) in [6.07, 6.45) is 6.41. The Kier molecular flexibility index (Phi) is 11.9. The molecule has 304 valence electrons. The van der Waals surface area contributed by atoms with Crippen molar-refractivity contribution in [2.75, 3.05) is 4.90 Å². The number of hydrogen-bond donors (Lipinski definition) is 0. The number of fused-ring (bicyclic) bond motifs is 6. The van der Waals surface area contributed by atoms with Crippen molar-refractivity contribution in [1.29, 1.82) is 0 Å². The van der Waals surface area contributed by atoms with Crippen molar-refractivity contribution in [3.05, 3.63) is 242 Å². The van der Waals surface area contributed by atoms with Crippen LogP contribution in [0.4, 0.5) is 17.1 Å². The molecule has 0 aliphatic carbocycles. The fourth-order valence-corrected chi connectivity index (χ4v) is 8.83. The second kappa shape index (κ2) is 18.5. The first kappa shape index (κ1) is 40.7. The largest absolute Gasteiger partial charge is 0.311 e. The van der Waals surface area contributed by atoms with Gasteiger partial charge in [0.25, 0.3) is 0 Å². The van der Waals surface area contributed by atoms with Gasteiger partial charge in [-0.2, -0.15) is 0 Å². The maximum absolute atomic E-state index is 2.38. The van der Waals surface area contributed by atoms with Crippen LogP contribution in [-0.2, 0) is 0 Å². The van der Waals surface area contributed by atoms with Crippen molar-refractivity contribution in [3.63, 3.8) is 0 Å². The Morgan fingerprint density at radius 2 is 0.635 bits per heavy atom. The number of benzene rings is 10. The third kappa shape index (κ3) is 8.22. The normalized spacial score (nSPS) is 11.5. The third-order valence-electron chi connectivity index (χ3n) is 12.0. The minimum Gasteiger partial charge on any atom is -0.311 e. The summed E-state index contributed by atoms with van der Waals surface area (Å²) in [5.74, 6) is 0. The summed E-state index contributed by atoms with van der Waals surface area (Å²) in [6, 6.07) is 79.7. The lowest BCUT2D eigenvalue weighted by molar-refractivity contribution is 1.28. The second-order valence-corrected chi connectivity index (χ2v) is 15.6. The Hall–Kier alpha value is -7.74. The van der Waals surface area contributed by atoms with Gasteiger partial charge in [-0.1, -0.05) is 202 Å². The standard InChI is InChI=1S/C60H45N.C2H6/c1-3-13-42(4-2)45-24-32-52(33-25-45)61(53-34-26-47(27-35-53)44-16-9-6-10-17-44)54-36-28-49(29-37-54)51-31-39-58-57-38-30-50(40-59(57)55-18-11-12-19-56(55)60(58)41-51)48-22-20-46(21-23-48)43-14-7-5-8-15-43;1-2/h3-41H,1-2H3;1-2H3/b13-3-,42-4+;. The molecular weight excluding hydrogens is 759 g/mol. The highest BCUT2D eigenvalue weighted by Gasteiger charge is 2.16. The van der Waals surface area contributed by atoms with E-state index in [9.17, 15) is 0 Å². The van der Waals surface area contributed by atoms with Gasteiger partial charge in [0.15, 0.2) is 0 Å². The van der Waals surface area contributed by atoms with E-state index in [4.69, 9.17) is 0 Å². The molecule has 0 unspecified atom stereocenters. The summed E-state index contributed by atoms with van der Waals surface area (Å²) in [5.41, 5.74) is 15.4. The van der Waals surface area contributed by atoms with Crippen LogP contribution in [0.15, 0.2) is 237 Å². The SMILES string of the molecule is C/C=C\C(=C/C)c1ccc(N(c2ccc(-c3ccccc3)cc2)c2ccc(-c3ccc4c5ccc(-c6ccc(-c7ccccc7)cc6)cc5c5ccccc5c4c3)cc2)cc1.CC. The van der Waals surface area contributed by atoms with E-state index in [1.165, 1.54) is 88.0 Å². The Bertz CT molecular complexity index is 3170. The number of hydrogen-bond acceptors (Lipinski definition) is 1. The van der Waals surface area contributed by atoms with Crippen molar-refractivity contribution in [1.82, 2.24) is 0 Å². The molecule has 1 nitrogen and oxygen atoms in total. The van der Waals surface area contributed by atoms with Gasteiger partial charge in [0, 0.05) is 17.1 Å². The molecule has 0 aliphatic heterocycles. The average Bonchev–Trinajstić information content (AvgIpc) is 3.37. The molecule has 10 aromatic rings. The lowest BCUT2D eigenvalue weighted by Gasteiger charge is -2.26. The van der Waals surface area contributed by atoms with Crippen LogP contribution < -0.4 is 4.90 Å². The summed E-state index contributed by atoms with van der Waals surface area (Å²) < 4.78 is 0. The highest BCUT2D eigenvalue weighted by Crippen LogP contribution is 2.41. The van der Waals surface area contributed by atoms with Crippen LogP contribution in [0, 0.1) is 0 Å². The highest BCUT2D eigenvalue weighted by molar-refractivity contribution is 6.26. The molecular formula is C62H51N. The smallest absolute Gasteiger partial charge is 0.0462 e. The van der Waals surface area contributed by atoms with E-state index in [1.807, 2.05) is 13.8 Å². The second-order valence-electron chi connectivity index (χ2n) is 15.6. The molecule has 0 heterocycles. The van der Waals surface area contributed by atoms with Crippen molar-refractivity contribution >= 4 is 55.0 Å². The van der Waals surface area contributed by atoms with Crippen LogP contribution in [0.5, 0.6) is 0 Å². The predicted molar refractivity (Wildman–Crippen MR) is 275 cm³/mol. The zero-order valence-corrected chi connectivity index (χ0v) is 36.5. The fraction of sp³-hybridized carbons (Fsp3) is 0.0645. The van der Waals surface area contributed by atoms with Gasteiger partial charge in [0.05, 0.1) is 0 Å². The molecule has 0 aromatic heterocycles. The Labute approximate surface area is 372 Å². The van der Waals surface area contributed by atoms with E-state index in [2.05, 4.69) is 255 Å². The number of nitrogens with zero attached hydrogens (tertiary/aromatic N) is 1. The molecule has 0 bridgehead atoms. The van der Waals surface area contributed by atoms with Gasteiger partial charge < -0.3 is 4.90 Å². The zero-order chi connectivity index (χ0) is 43.1. The quantitative estimate of drug-likeness (QED) is 0.104. The first-order chi connectivity index (χ1) is 31.1. The Morgan fingerprint density at radius 3 is 1.03 bits per heavy atom. The fourth-order valence-electron chi connectivity index (χ4n) is 8.83. The van der Waals surface area contributed by atoms with E-state index in [1.54, 1.807) is 0 Å². The number of anilines is 3. The van der Waals surface area contributed by atoms with Crippen molar-refractivity contribution in [3.8, 4) is 44.5 Å². The van der Waals surface area contributed by atoms with Crippen molar-refractivity contribution < 1.29 is 0 Å². The third-order valence-corrected chi connectivity index (χ3v) is 12.0. The van der Waals surface area contributed by atoms with E-state index < -0.39 is 0 Å². The van der Waals surface area contributed by atoms with E-state index in [0.717, 1.165) is 17.1 Å². The van der Waals surface area contributed by atoms with Crippen molar-refractivity contribution in [2.24, 2.45) is 0 Å². The van der Waals surface area contributed by atoms with E-state index in [0.29, 0.717) is 0 Å². The van der Waals surface area contributed by atoms with Crippen LogP contribution in [0.2, 0.25) is 0 Å². The van der Waals surface area contributed by atoms with Crippen molar-refractivity contribution in [2.45, 2.75) is 27.7 Å². The average molecular weight is 810 g/mol. The maximum Gasteiger partial charge on any atom is 0.0462 e. The Morgan fingerprint density at radius 1 is 0.317 bits per heavy atom. The first-order valence-corrected chi connectivity index (χ1v) is 22.1. The van der Waals surface area contributed by atoms with Crippen LogP contribution in [0.3, 0.4) is 0 Å². The lowest BCUT2D eigenvalue weighted by atomic mass is 9.90. The summed E-state index contributed by atoms with van der Waals surface area (Å²) in [7, 11) is 0. The molecule has 0 atom stereocenters. The highest BCUT2D eigenvalue weighted by atomic mass is 15.1. The van der Waals surface area contributed by atoms with Gasteiger partial charge in [-0.25, -0.2) is 0 Å². The summed E-state index contributed by atoms with van der Waals surface area (Å²) in [5, 5.41) is 7.62. The Balaban J connectivity index is 0.00000249. The zero-order valence-electron chi connectivity index (χ0n) is 36.5. The number of rotatable bonds is 9. The van der Waals surface area contributed by atoms with Crippen LogP contribution in [0.25, 0.3) is 82.4 Å². The van der Waals surface area contributed by atoms with E-state index in [-0.39, 0.29) is 0 Å². The summed E-state index contributed by atoms with van der Waals surface area (Å²) >= 11 is 0. The number of allylic oxidation sites excluding steroid dienone is 4. The molecule has 0 radical (unpaired) electrons. The lowest BCUT2D eigenvalue weighted by Crippen LogP contribution is -2.09. The first-order valence-electron chi connectivity index (χ1n) is 22.1. The molecule has 0 saturated carbocycles. The molecule has 0 spiro atoms. The van der Waals surface area contributed by atoms with E-state index >= 15 is 0 Å². The summed E-state index contributed by atoms with van der Waals surface area (Å²) in [6.45, 7) is 8.15. The molecule has 0 aliphatic rings.